The van der Waals surface area contributed by atoms with E-state index in [1.807, 2.05) is 18.2 Å². The van der Waals surface area contributed by atoms with Crippen LogP contribution in [-0.4, -0.2) is 18.7 Å². The number of hydrogen-bond donors (Lipinski definition) is 0. The number of alkyl halides is 5. The van der Waals surface area contributed by atoms with Gasteiger partial charge >= 0.3 is 12.1 Å². The number of allylic oxidation sites excluding steroid dienone is 1. The van der Waals surface area contributed by atoms with Crippen LogP contribution in [0.2, 0.25) is 0 Å². The first-order valence-electron chi connectivity index (χ1n) is 13.8. The van der Waals surface area contributed by atoms with E-state index >= 15 is 0 Å². The maximum Gasteiger partial charge on any atom is 0.453 e. The summed E-state index contributed by atoms with van der Waals surface area (Å²) in [6.07, 6.45) is -0.0943. The van der Waals surface area contributed by atoms with E-state index in [0.29, 0.717) is 19.4 Å². The Morgan fingerprint density at radius 1 is 0.615 bits per heavy atom. The first-order chi connectivity index (χ1) is 18.8. The molecule has 0 atom stereocenters. The molecule has 1 nitrogen and oxygen atoms in total. The molecule has 0 heterocycles. The number of benzene rings is 3. The van der Waals surface area contributed by atoms with Crippen molar-refractivity contribution in [2.45, 2.75) is 76.3 Å². The molecule has 1 aliphatic carbocycles. The van der Waals surface area contributed by atoms with Crippen molar-refractivity contribution in [1.29, 1.82) is 0 Å². The quantitative estimate of drug-likeness (QED) is 0.163. The Bertz CT molecular complexity index is 1210. The van der Waals surface area contributed by atoms with Gasteiger partial charge in [0, 0.05) is 6.42 Å². The minimum Gasteiger partial charge on any atom is -0.494 e. The molecule has 6 heteroatoms. The summed E-state index contributed by atoms with van der Waals surface area (Å²) < 4.78 is 68.4. The standard InChI is InChI=1S/C33H35F5O/c34-32(35,33(36,37)38)23-10-3-1-2-4-11-24-39-28-21-19-27(20-22-28)31-29-17-9-8-15-26(29)16-12-18-30(31)25-13-6-5-7-14-25/h5-9,13-15,17,19-22H,1-4,10-12,16,18,23-24H2. The second kappa shape index (κ2) is 13.3. The van der Waals surface area contributed by atoms with Crippen molar-refractivity contribution < 1.29 is 26.7 Å². The highest BCUT2D eigenvalue weighted by Gasteiger charge is 2.56. The molecule has 208 valence electrons. The van der Waals surface area contributed by atoms with Gasteiger partial charge in [0.05, 0.1) is 6.61 Å². The van der Waals surface area contributed by atoms with Crippen LogP contribution >= 0.6 is 0 Å². The lowest BCUT2D eigenvalue weighted by Gasteiger charge is -2.19. The second-order valence-electron chi connectivity index (χ2n) is 10.2. The van der Waals surface area contributed by atoms with E-state index in [4.69, 9.17) is 4.74 Å². The first-order valence-corrected chi connectivity index (χ1v) is 13.8. The predicted octanol–water partition coefficient (Wildman–Crippen LogP) is 10.3. The minimum atomic E-state index is -5.45. The zero-order valence-corrected chi connectivity index (χ0v) is 22.1. The number of halogens is 5. The molecule has 0 fully saturated rings. The number of fused-ring (bicyclic) bond motifs is 1. The molecule has 0 saturated heterocycles. The largest absolute Gasteiger partial charge is 0.494 e. The van der Waals surface area contributed by atoms with Gasteiger partial charge < -0.3 is 4.74 Å². The van der Waals surface area contributed by atoms with Gasteiger partial charge in [0.1, 0.15) is 5.75 Å². The summed E-state index contributed by atoms with van der Waals surface area (Å²) in [5, 5.41) is 0. The van der Waals surface area contributed by atoms with E-state index in [0.717, 1.165) is 49.8 Å². The van der Waals surface area contributed by atoms with Gasteiger partial charge in [-0.15, -0.1) is 0 Å². The van der Waals surface area contributed by atoms with Crippen LogP contribution < -0.4 is 4.74 Å². The van der Waals surface area contributed by atoms with Crippen molar-refractivity contribution in [3.8, 4) is 5.75 Å². The zero-order valence-electron chi connectivity index (χ0n) is 22.1. The van der Waals surface area contributed by atoms with Gasteiger partial charge in [0.25, 0.3) is 0 Å². The summed E-state index contributed by atoms with van der Waals surface area (Å²) in [5.41, 5.74) is 7.69. The summed E-state index contributed by atoms with van der Waals surface area (Å²) in [5.74, 6) is -3.80. The molecule has 1 aliphatic rings. The Balaban J connectivity index is 1.30. The van der Waals surface area contributed by atoms with Crippen molar-refractivity contribution in [2.75, 3.05) is 6.61 Å². The normalized spacial score (nSPS) is 14.2. The third-order valence-electron chi connectivity index (χ3n) is 7.30. The SMILES string of the molecule is FC(F)(F)C(F)(F)CCCCCCCCOc1ccc(C2=C(c3ccccc3)CCCc3ccccc32)cc1. The molecule has 0 radical (unpaired) electrons. The van der Waals surface area contributed by atoms with Gasteiger partial charge in [-0.1, -0.05) is 92.4 Å². The molecule has 0 bridgehead atoms. The van der Waals surface area contributed by atoms with E-state index < -0.39 is 18.5 Å². The Morgan fingerprint density at radius 2 is 1.26 bits per heavy atom. The van der Waals surface area contributed by atoms with Crippen molar-refractivity contribution in [2.24, 2.45) is 0 Å². The highest BCUT2D eigenvalue weighted by atomic mass is 19.4. The lowest BCUT2D eigenvalue weighted by atomic mass is 9.88. The maximum absolute atomic E-state index is 12.9. The Kier molecular flexibility index (Phi) is 9.82. The highest BCUT2D eigenvalue weighted by molar-refractivity contribution is 5.99. The molecule has 4 rings (SSSR count). The predicted molar refractivity (Wildman–Crippen MR) is 147 cm³/mol. The van der Waals surface area contributed by atoms with Crippen LogP contribution in [0.15, 0.2) is 78.9 Å². The average Bonchev–Trinajstić information content (AvgIpc) is 3.12. The highest BCUT2D eigenvalue weighted by Crippen LogP contribution is 2.41. The summed E-state index contributed by atoms with van der Waals surface area (Å²) in [6.45, 7) is 0.534. The van der Waals surface area contributed by atoms with Crippen LogP contribution in [0.4, 0.5) is 22.0 Å². The smallest absolute Gasteiger partial charge is 0.453 e. The van der Waals surface area contributed by atoms with E-state index in [9.17, 15) is 22.0 Å². The van der Waals surface area contributed by atoms with Crippen LogP contribution in [0.1, 0.15) is 80.0 Å². The van der Waals surface area contributed by atoms with Crippen LogP contribution in [0.25, 0.3) is 11.1 Å². The number of hydrogen-bond acceptors (Lipinski definition) is 1. The third kappa shape index (κ3) is 7.71. The van der Waals surface area contributed by atoms with Crippen molar-refractivity contribution in [3.05, 3.63) is 101 Å². The lowest BCUT2D eigenvalue weighted by molar-refractivity contribution is -0.284. The van der Waals surface area contributed by atoms with E-state index in [1.54, 1.807) is 0 Å². The first kappa shape index (κ1) is 28.8. The monoisotopic (exact) mass is 542 g/mol. The molecule has 0 aliphatic heterocycles. The van der Waals surface area contributed by atoms with Gasteiger partial charge in [-0.2, -0.15) is 22.0 Å². The van der Waals surface area contributed by atoms with Gasteiger partial charge in [-0.05, 0) is 77.6 Å². The van der Waals surface area contributed by atoms with E-state index in [1.165, 1.54) is 27.8 Å². The minimum absolute atomic E-state index is 0.123. The van der Waals surface area contributed by atoms with E-state index in [-0.39, 0.29) is 6.42 Å². The van der Waals surface area contributed by atoms with Crippen molar-refractivity contribution in [3.63, 3.8) is 0 Å². The molecule has 0 N–H and O–H groups in total. The third-order valence-corrected chi connectivity index (χ3v) is 7.30. The van der Waals surface area contributed by atoms with Gasteiger partial charge in [0.2, 0.25) is 0 Å². The fraction of sp³-hybridized carbons (Fsp3) is 0.394. The number of rotatable bonds is 12. The van der Waals surface area contributed by atoms with Gasteiger partial charge in [-0.3, -0.25) is 0 Å². The second-order valence-corrected chi connectivity index (χ2v) is 10.2. The lowest BCUT2D eigenvalue weighted by Crippen LogP contribution is -2.36. The fourth-order valence-electron chi connectivity index (χ4n) is 5.19. The average molecular weight is 543 g/mol. The zero-order chi connectivity index (χ0) is 27.7. The number of unbranched alkanes of at least 4 members (excludes halogenated alkanes) is 5. The van der Waals surface area contributed by atoms with Crippen molar-refractivity contribution in [1.82, 2.24) is 0 Å². The fourth-order valence-corrected chi connectivity index (χ4v) is 5.19. The molecule has 39 heavy (non-hydrogen) atoms. The molecule has 0 unspecified atom stereocenters. The summed E-state index contributed by atoms with van der Waals surface area (Å²) in [7, 11) is 0. The molecule has 0 amide bonds. The Hall–Kier alpha value is -3.15. The van der Waals surface area contributed by atoms with Crippen molar-refractivity contribution >= 4 is 11.1 Å². The molecule has 3 aromatic rings. The molecular weight excluding hydrogens is 507 g/mol. The Labute approximate surface area is 227 Å². The van der Waals surface area contributed by atoms with Crippen LogP contribution in [0.5, 0.6) is 5.75 Å². The molecule has 0 saturated carbocycles. The van der Waals surface area contributed by atoms with Crippen LogP contribution in [0.3, 0.4) is 0 Å². The number of aryl methyl sites for hydroxylation is 1. The van der Waals surface area contributed by atoms with E-state index in [2.05, 4.69) is 60.7 Å². The van der Waals surface area contributed by atoms with Gasteiger partial charge in [0.15, 0.2) is 0 Å². The molecule has 0 spiro atoms. The summed E-state index contributed by atoms with van der Waals surface area (Å²) in [4.78, 5) is 0. The van der Waals surface area contributed by atoms with Crippen LogP contribution in [0, 0.1) is 0 Å². The summed E-state index contributed by atoms with van der Waals surface area (Å²) >= 11 is 0. The number of ether oxygens (including phenoxy) is 1. The Morgan fingerprint density at radius 3 is 1.97 bits per heavy atom. The van der Waals surface area contributed by atoms with Gasteiger partial charge in [-0.25, -0.2) is 0 Å². The molecule has 3 aromatic carbocycles. The maximum atomic E-state index is 12.9. The molecule has 0 aromatic heterocycles. The van der Waals surface area contributed by atoms with Crippen LogP contribution in [-0.2, 0) is 6.42 Å². The summed E-state index contributed by atoms with van der Waals surface area (Å²) in [6, 6.07) is 27.4. The molecular formula is C33H35F5O. The topological polar surface area (TPSA) is 9.23 Å².